The fraction of sp³-hybridized carbons (Fsp3) is 0.636. The number of anilines is 2. The molecule has 0 unspecified atom stereocenters. The molecule has 3 heterocycles. The lowest BCUT2D eigenvalue weighted by Crippen LogP contribution is -2.58. The van der Waals surface area contributed by atoms with E-state index in [0.29, 0.717) is 17.4 Å². The van der Waals surface area contributed by atoms with Crippen molar-refractivity contribution in [3.8, 4) is 0 Å². The molecule has 2 aromatic rings. The molecule has 0 atom stereocenters. The molecule has 7 nitrogen and oxygen atoms in total. The van der Waals surface area contributed by atoms with Gasteiger partial charge < -0.3 is 15.5 Å². The number of aromatic nitrogens is 3. The highest BCUT2D eigenvalue weighted by Gasteiger charge is 2.55. The molecule has 0 radical (unpaired) electrons. The molecule has 2 N–H and O–H groups in total. The molecular weight excluding hydrogens is 364 g/mol. The first-order valence-corrected chi connectivity index (χ1v) is 11.0. The van der Waals surface area contributed by atoms with Crippen molar-refractivity contribution in [1.82, 2.24) is 19.9 Å². The summed E-state index contributed by atoms with van der Waals surface area (Å²) >= 11 is 0. The molecule has 4 aliphatic carbocycles. The summed E-state index contributed by atoms with van der Waals surface area (Å²) in [5, 5.41) is 0.919. The van der Waals surface area contributed by atoms with Gasteiger partial charge in [-0.05, 0) is 68.4 Å². The molecular formula is C22H28N6O. The number of nitrogen functional groups attached to an aromatic ring is 1. The minimum Gasteiger partial charge on any atom is -0.384 e. The fourth-order valence-electron chi connectivity index (χ4n) is 7.03. The monoisotopic (exact) mass is 392 g/mol. The van der Waals surface area contributed by atoms with Crippen LogP contribution in [0.3, 0.4) is 0 Å². The topological polar surface area (TPSA) is 88.2 Å². The van der Waals surface area contributed by atoms with Gasteiger partial charge in [-0.2, -0.15) is 0 Å². The van der Waals surface area contributed by atoms with E-state index in [0.717, 1.165) is 74.4 Å². The third-order valence-electron chi connectivity index (χ3n) is 7.86. The zero-order valence-electron chi connectivity index (χ0n) is 16.8. The summed E-state index contributed by atoms with van der Waals surface area (Å²) in [6.45, 7) is 3.14. The Morgan fingerprint density at radius 1 is 0.966 bits per heavy atom. The number of pyridine rings is 1. The molecule has 5 aliphatic rings. The summed E-state index contributed by atoms with van der Waals surface area (Å²) in [5.41, 5.74) is 6.38. The van der Waals surface area contributed by atoms with E-state index in [4.69, 9.17) is 5.73 Å². The predicted molar refractivity (Wildman–Crippen MR) is 111 cm³/mol. The first-order valence-electron chi connectivity index (χ1n) is 11.0. The Morgan fingerprint density at radius 3 is 2.28 bits per heavy atom. The second kappa shape index (κ2) is 6.28. The lowest BCUT2D eigenvalue weighted by Gasteiger charge is -2.57. The van der Waals surface area contributed by atoms with E-state index in [9.17, 15) is 4.79 Å². The summed E-state index contributed by atoms with van der Waals surface area (Å²) in [5.74, 6) is 4.22. The van der Waals surface area contributed by atoms with Gasteiger partial charge in [0.1, 0.15) is 18.0 Å². The number of carbonyl (C=O) groups is 1. The van der Waals surface area contributed by atoms with Crippen molar-refractivity contribution in [2.24, 2.45) is 23.2 Å². The van der Waals surface area contributed by atoms with Crippen LogP contribution in [0.25, 0.3) is 11.0 Å². The van der Waals surface area contributed by atoms with Crippen LogP contribution in [0.5, 0.6) is 0 Å². The van der Waals surface area contributed by atoms with E-state index >= 15 is 0 Å². The Morgan fingerprint density at radius 2 is 1.62 bits per heavy atom. The second-order valence-corrected chi connectivity index (χ2v) is 9.78. The molecule has 7 heteroatoms. The van der Waals surface area contributed by atoms with Crippen molar-refractivity contribution in [3.63, 3.8) is 0 Å². The summed E-state index contributed by atoms with van der Waals surface area (Å²) in [4.78, 5) is 31.1. The van der Waals surface area contributed by atoms with Crippen molar-refractivity contribution < 1.29 is 4.79 Å². The van der Waals surface area contributed by atoms with Crippen LogP contribution in [0.15, 0.2) is 18.5 Å². The minimum atomic E-state index is -0.0417. The van der Waals surface area contributed by atoms with Gasteiger partial charge in [-0.15, -0.1) is 0 Å². The molecule has 29 heavy (non-hydrogen) atoms. The van der Waals surface area contributed by atoms with E-state index in [1.165, 1.54) is 19.3 Å². The molecule has 7 rings (SSSR count). The van der Waals surface area contributed by atoms with Crippen LogP contribution >= 0.6 is 0 Å². The molecule has 5 fully saturated rings. The molecule has 1 aliphatic heterocycles. The third-order valence-corrected chi connectivity index (χ3v) is 7.86. The van der Waals surface area contributed by atoms with Crippen molar-refractivity contribution in [1.29, 1.82) is 0 Å². The van der Waals surface area contributed by atoms with Gasteiger partial charge in [-0.25, -0.2) is 15.0 Å². The van der Waals surface area contributed by atoms with Gasteiger partial charge in [0.25, 0.3) is 0 Å². The number of piperazine rings is 1. The molecule has 4 bridgehead atoms. The largest absolute Gasteiger partial charge is 0.384 e. The van der Waals surface area contributed by atoms with Gasteiger partial charge in [0, 0.05) is 26.2 Å². The molecule has 0 aromatic carbocycles. The number of carbonyl (C=O) groups excluding carboxylic acids is 1. The van der Waals surface area contributed by atoms with Gasteiger partial charge >= 0.3 is 0 Å². The van der Waals surface area contributed by atoms with Gasteiger partial charge in [0.15, 0.2) is 5.65 Å². The minimum absolute atomic E-state index is 0.0417. The number of amides is 1. The van der Waals surface area contributed by atoms with Gasteiger partial charge in [0.2, 0.25) is 5.91 Å². The zero-order chi connectivity index (χ0) is 19.6. The second-order valence-electron chi connectivity index (χ2n) is 9.78. The highest BCUT2D eigenvalue weighted by atomic mass is 16.2. The average Bonchev–Trinajstić information content (AvgIpc) is 2.72. The molecule has 1 saturated heterocycles. The average molecular weight is 393 g/mol. The number of hydrogen-bond acceptors (Lipinski definition) is 6. The van der Waals surface area contributed by atoms with Gasteiger partial charge in [-0.3, -0.25) is 4.79 Å². The summed E-state index contributed by atoms with van der Waals surface area (Å²) < 4.78 is 0. The first kappa shape index (κ1) is 17.4. The predicted octanol–water partition coefficient (Wildman–Crippen LogP) is 2.47. The Kier molecular flexibility index (Phi) is 3.77. The maximum atomic E-state index is 13.6. The van der Waals surface area contributed by atoms with Crippen LogP contribution < -0.4 is 10.6 Å². The zero-order valence-corrected chi connectivity index (χ0v) is 16.8. The van der Waals surface area contributed by atoms with Crippen LogP contribution in [0.1, 0.15) is 38.5 Å². The highest BCUT2D eigenvalue weighted by Crippen LogP contribution is 2.60. The van der Waals surface area contributed by atoms with Crippen LogP contribution in [0.4, 0.5) is 11.6 Å². The normalized spacial score (nSPS) is 33.4. The van der Waals surface area contributed by atoms with E-state index in [2.05, 4.69) is 24.8 Å². The molecule has 0 spiro atoms. The molecule has 1 amide bonds. The molecule has 2 aromatic heterocycles. The van der Waals surface area contributed by atoms with Crippen molar-refractivity contribution >= 4 is 28.6 Å². The van der Waals surface area contributed by atoms with Gasteiger partial charge in [-0.1, -0.05) is 0 Å². The summed E-state index contributed by atoms with van der Waals surface area (Å²) in [6.07, 6.45) is 9.10. The Labute approximate surface area is 170 Å². The number of nitrogens with two attached hydrogens (primary N) is 1. The van der Waals surface area contributed by atoms with Crippen molar-refractivity contribution in [2.75, 3.05) is 36.8 Å². The Bertz CT molecular complexity index is 932. The first-order chi connectivity index (χ1) is 14.1. The maximum Gasteiger partial charge on any atom is 0.228 e. The smallest absolute Gasteiger partial charge is 0.228 e. The summed E-state index contributed by atoms with van der Waals surface area (Å²) in [7, 11) is 0. The van der Waals surface area contributed by atoms with Gasteiger partial charge in [0.05, 0.1) is 10.8 Å². The van der Waals surface area contributed by atoms with Crippen LogP contribution in [-0.2, 0) is 4.79 Å². The molecule has 4 saturated carbocycles. The van der Waals surface area contributed by atoms with E-state index < -0.39 is 0 Å². The lowest BCUT2D eigenvalue weighted by atomic mass is 9.49. The fourth-order valence-corrected chi connectivity index (χ4v) is 7.03. The van der Waals surface area contributed by atoms with E-state index in [-0.39, 0.29) is 5.41 Å². The standard InChI is InChI=1S/C22H28N6O/c23-18-2-1-17-19(26-18)24-13-25-20(17)27-3-5-28(6-4-27)21(29)22-10-14-7-15(11-22)9-16(8-14)12-22/h1-2,13-16H,3-12H2,(H2,23,24,25,26). The quantitative estimate of drug-likeness (QED) is 0.845. The number of hydrogen-bond donors (Lipinski definition) is 1. The van der Waals surface area contributed by atoms with E-state index in [1.54, 1.807) is 12.4 Å². The highest BCUT2D eigenvalue weighted by molar-refractivity contribution is 5.88. The number of rotatable bonds is 2. The Balaban J connectivity index is 1.19. The van der Waals surface area contributed by atoms with Crippen LogP contribution in [0, 0.1) is 23.2 Å². The molecule has 152 valence electrons. The van der Waals surface area contributed by atoms with Crippen LogP contribution in [-0.4, -0.2) is 51.9 Å². The van der Waals surface area contributed by atoms with Crippen LogP contribution in [0.2, 0.25) is 0 Å². The van der Waals surface area contributed by atoms with Crippen molar-refractivity contribution in [3.05, 3.63) is 18.5 Å². The third kappa shape index (κ3) is 2.77. The Hall–Kier alpha value is -2.44. The van der Waals surface area contributed by atoms with Crippen molar-refractivity contribution in [2.45, 2.75) is 38.5 Å². The van der Waals surface area contributed by atoms with E-state index in [1.807, 2.05) is 6.07 Å². The SMILES string of the molecule is Nc1ccc2c(N3CCN(C(=O)C45CC6CC(CC(C6)C4)C5)CC3)ncnc2n1. The number of nitrogens with zero attached hydrogens (tertiary/aromatic N) is 5. The lowest BCUT2D eigenvalue weighted by molar-refractivity contribution is -0.158. The maximum absolute atomic E-state index is 13.6. The summed E-state index contributed by atoms with van der Waals surface area (Å²) in [6, 6.07) is 3.74. The number of fused-ring (bicyclic) bond motifs is 1.